The number of hydrogen-bond acceptors (Lipinski definition) is 2. The molecule has 0 atom stereocenters. The third-order valence-corrected chi connectivity index (χ3v) is 1.14. The molecule has 0 rings (SSSR count). The molecular weight excluding hydrogens is 132 g/mol. The van der Waals surface area contributed by atoms with Gasteiger partial charge < -0.3 is 10.6 Å². The van der Waals surface area contributed by atoms with E-state index >= 15 is 0 Å². The molecule has 0 heterocycles. The largest absolute Gasteiger partial charge is 0.358 e. The minimum absolute atomic E-state index is 0.171. The lowest BCUT2D eigenvalue weighted by Crippen LogP contribution is -2.35. The summed E-state index contributed by atoms with van der Waals surface area (Å²) in [6, 6.07) is 0. The smallest absolute Gasteiger partial charge is 0.236 e. The van der Waals surface area contributed by atoms with Crippen LogP contribution in [-0.2, 0) is 9.59 Å². The van der Waals surface area contributed by atoms with E-state index < -0.39 is 0 Å². The molecule has 1 radical (unpaired) electrons. The Morgan fingerprint density at radius 1 is 1.00 bits per heavy atom. The summed E-state index contributed by atoms with van der Waals surface area (Å²) in [6.45, 7) is 1.47. The number of rotatable bonds is 2. The minimum atomic E-state index is -0.348. The maximum atomic E-state index is 10.7. The fourth-order valence-corrected chi connectivity index (χ4v) is 0.478. The molecule has 0 saturated carbocycles. The van der Waals surface area contributed by atoms with Gasteiger partial charge in [-0.05, 0) is 6.92 Å². The Kier molecular flexibility index (Phi) is 3.46. The Hall–Kier alpha value is -1.06. The third-order valence-electron chi connectivity index (χ3n) is 1.14. The molecule has 0 fully saturated rings. The van der Waals surface area contributed by atoms with Crippen LogP contribution in [0.2, 0.25) is 0 Å². The van der Waals surface area contributed by atoms with E-state index in [2.05, 4.69) is 10.6 Å². The second kappa shape index (κ2) is 3.87. The summed E-state index contributed by atoms with van der Waals surface area (Å²) in [5.41, 5.74) is 0. The van der Waals surface area contributed by atoms with Crippen LogP contribution < -0.4 is 10.6 Å². The summed E-state index contributed by atoms with van der Waals surface area (Å²) in [6.07, 6.45) is 0. The van der Waals surface area contributed by atoms with Gasteiger partial charge in [-0.1, -0.05) is 0 Å². The first kappa shape index (κ1) is 8.94. The van der Waals surface area contributed by atoms with Crippen molar-refractivity contribution in [1.29, 1.82) is 0 Å². The number of hydrogen-bond donors (Lipinski definition) is 2. The Morgan fingerprint density at radius 3 is 1.50 bits per heavy atom. The average Bonchev–Trinajstić information content (AvgIpc) is 2.00. The highest BCUT2D eigenvalue weighted by molar-refractivity contribution is 6.13. The van der Waals surface area contributed by atoms with E-state index in [0.29, 0.717) is 0 Å². The monoisotopic (exact) mass is 143 g/mol. The molecule has 0 aliphatic rings. The zero-order valence-electron chi connectivity index (χ0n) is 6.32. The van der Waals surface area contributed by atoms with E-state index in [1.54, 1.807) is 0 Å². The van der Waals surface area contributed by atoms with Crippen LogP contribution in [0.25, 0.3) is 0 Å². The minimum Gasteiger partial charge on any atom is -0.358 e. The van der Waals surface area contributed by atoms with Crippen LogP contribution in [0, 0.1) is 5.92 Å². The van der Waals surface area contributed by atoms with Gasteiger partial charge in [0.05, 0.1) is 0 Å². The van der Waals surface area contributed by atoms with Crippen molar-refractivity contribution in [3.8, 4) is 0 Å². The predicted octanol–water partition coefficient (Wildman–Crippen LogP) is -0.927. The van der Waals surface area contributed by atoms with Crippen molar-refractivity contribution in [3.63, 3.8) is 0 Å². The Bertz CT molecular complexity index is 129. The van der Waals surface area contributed by atoms with Crippen molar-refractivity contribution in [2.75, 3.05) is 14.1 Å². The molecule has 4 nitrogen and oxygen atoms in total. The Labute approximate surface area is 60.0 Å². The second-order valence-corrected chi connectivity index (χ2v) is 1.78. The van der Waals surface area contributed by atoms with Gasteiger partial charge in [0, 0.05) is 14.1 Å². The zero-order chi connectivity index (χ0) is 8.15. The van der Waals surface area contributed by atoms with Crippen LogP contribution in [0.3, 0.4) is 0 Å². The molecule has 0 bridgehead atoms. The Balaban J connectivity index is 3.94. The molecule has 2 amide bonds. The fourth-order valence-electron chi connectivity index (χ4n) is 0.478. The molecular formula is C6H11N2O2. The van der Waals surface area contributed by atoms with Gasteiger partial charge in [0.15, 0.2) is 0 Å². The lowest BCUT2D eigenvalue weighted by atomic mass is 10.1. The quantitative estimate of drug-likeness (QED) is 0.491. The molecule has 0 aliphatic carbocycles. The summed E-state index contributed by atoms with van der Waals surface area (Å²) in [5, 5.41) is 4.69. The first-order valence-electron chi connectivity index (χ1n) is 2.91. The van der Waals surface area contributed by atoms with Gasteiger partial charge >= 0.3 is 0 Å². The molecule has 0 aromatic rings. The van der Waals surface area contributed by atoms with E-state index in [4.69, 9.17) is 0 Å². The summed E-state index contributed by atoms with van der Waals surface area (Å²) in [7, 11) is 2.96. The van der Waals surface area contributed by atoms with Crippen molar-refractivity contribution in [1.82, 2.24) is 10.6 Å². The molecule has 0 aromatic heterocycles. The molecule has 0 aliphatic heterocycles. The molecule has 0 saturated heterocycles. The molecule has 2 N–H and O–H groups in total. The maximum absolute atomic E-state index is 10.7. The van der Waals surface area contributed by atoms with E-state index in [9.17, 15) is 9.59 Å². The first-order chi connectivity index (χ1) is 4.63. The lowest BCUT2D eigenvalue weighted by molar-refractivity contribution is -0.125. The van der Waals surface area contributed by atoms with Crippen molar-refractivity contribution in [2.24, 2.45) is 0 Å². The number of carbonyl (C=O) groups excluding carboxylic acids is 2. The molecule has 4 heteroatoms. The molecule has 57 valence electrons. The van der Waals surface area contributed by atoms with Crippen molar-refractivity contribution >= 4 is 11.8 Å². The van der Waals surface area contributed by atoms with Crippen molar-refractivity contribution in [2.45, 2.75) is 6.92 Å². The van der Waals surface area contributed by atoms with Gasteiger partial charge in [-0.15, -0.1) is 0 Å². The van der Waals surface area contributed by atoms with Crippen LogP contribution in [0.1, 0.15) is 6.92 Å². The molecule has 0 unspecified atom stereocenters. The van der Waals surface area contributed by atoms with Gasteiger partial charge in [0.1, 0.15) is 5.92 Å². The highest BCUT2D eigenvalue weighted by Crippen LogP contribution is 1.95. The zero-order valence-corrected chi connectivity index (χ0v) is 6.32. The number of nitrogens with one attached hydrogen (secondary N) is 2. The first-order valence-corrected chi connectivity index (χ1v) is 2.91. The second-order valence-electron chi connectivity index (χ2n) is 1.78. The van der Waals surface area contributed by atoms with E-state index in [0.717, 1.165) is 0 Å². The molecule has 0 aromatic carbocycles. The van der Waals surface area contributed by atoms with E-state index in [-0.39, 0.29) is 17.7 Å². The van der Waals surface area contributed by atoms with Crippen LogP contribution in [-0.4, -0.2) is 25.9 Å². The normalized spacial score (nSPS) is 9.20. The maximum Gasteiger partial charge on any atom is 0.236 e. The van der Waals surface area contributed by atoms with Gasteiger partial charge in [-0.25, -0.2) is 0 Å². The van der Waals surface area contributed by atoms with Crippen LogP contribution in [0.4, 0.5) is 0 Å². The topological polar surface area (TPSA) is 58.2 Å². The average molecular weight is 143 g/mol. The number of carbonyl (C=O) groups is 2. The molecule has 0 spiro atoms. The summed E-state index contributed by atoms with van der Waals surface area (Å²) in [5.74, 6) is -0.524. The van der Waals surface area contributed by atoms with Gasteiger partial charge in [-0.2, -0.15) is 0 Å². The van der Waals surface area contributed by atoms with E-state index in [1.165, 1.54) is 21.0 Å². The van der Waals surface area contributed by atoms with Crippen LogP contribution in [0.5, 0.6) is 0 Å². The highest BCUT2D eigenvalue weighted by Gasteiger charge is 2.19. The molecule has 10 heavy (non-hydrogen) atoms. The predicted molar refractivity (Wildman–Crippen MR) is 37.1 cm³/mol. The highest BCUT2D eigenvalue weighted by atomic mass is 16.2. The Morgan fingerprint density at radius 2 is 1.30 bits per heavy atom. The summed E-state index contributed by atoms with van der Waals surface area (Å²) < 4.78 is 0. The van der Waals surface area contributed by atoms with Crippen LogP contribution in [0.15, 0.2) is 0 Å². The van der Waals surface area contributed by atoms with E-state index in [1.807, 2.05) is 0 Å². The summed E-state index contributed by atoms with van der Waals surface area (Å²) >= 11 is 0. The fraction of sp³-hybridized carbons (Fsp3) is 0.500. The van der Waals surface area contributed by atoms with Gasteiger partial charge in [0.25, 0.3) is 0 Å². The lowest BCUT2D eigenvalue weighted by Gasteiger charge is -2.05. The van der Waals surface area contributed by atoms with Crippen molar-refractivity contribution < 1.29 is 9.59 Å². The standard InChI is InChI=1S/C6H11N2O2/c1-4(5(9)7-2)6(10)8-3/h1-3H3,(H,7,9)(H,8,10). The van der Waals surface area contributed by atoms with Gasteiger partial charge in [-0.3, -0.25) is 9.59 Å². The SMILES string of the molecule is CNC(=O)[C](C)C(=O)NC. The van der Waals surface area contributed by atoms with Crippen LogP contribution >= 0.6 is 0 Å². The third kappa shape index (κ3) is 2.05. The summed E-state index contributed by atoms with van der Waals surface area (Å²) in [4.78, 5) is 21.4. The number of amides is 2. The van der Waals surface area contributed by atoms with Gasteiger partial charge in [0.2, 0.25) is 11.8 Å². The van der Waals surface area contributed by atoms with Crippen molar-refractivity contribution in [3.05, 3.63) is 5.92 Å².